The third-order valence-corrected chi connectivity index (χ3v) is 5.84. The Morgan fingerprint density at radius 3 is 2.68 bits per heavy atom. The van der Waals surface area contributed by atoms with Gasteiger partial charge in [-0.3, -0.25) is 0 Å². The fourth-order valence-corrected chi connectivity index (χ4v) is 3.92. The summed E-state index contributed by atoms with van der Waals surface area (Å²) in [7, 11) is -3.10. The van der Waals surface area contributed by atoms with Gasteiger partial charge in [0.2, 0.25) is 15.9 Å². The second kappa shape index (κ2) is 5.90. The lowest BCUT2D eigenvalue weighted by atomic mass is 9.94. The highest BCUT2D eigenvalue weighted by atomic mass is 32.2. The van der Waals surface area contributed by atoms with Crippen molar-refractivity contribution in [3.05, 3.63) is 11.7 Å². The van der Waals surface area contributed by atoms with Crippen LogP contribution in [-0.4, -0.2) is 48.3 Å². The molecular formula is C14H24N4O3S. The van der Waals surface area contributed by atoms with Crippen molar-refractivity contribution in [2.24, 2.45) is 5.92 Å². The van der Waals surface area contributed by atoms with E-state index in [9.17, 15) is 8.42 Å². The summed E-state index contributed by atoms with van der Waals surface area (Å²) in [6.07, 6.45) is 4.37. The lowest BCUT2D eigenvalue weighted by Crippen LogP contribution is -2.50. The summed E-state index contributed by atoms with van der Waals surface area (Å²) in [5.41, 5.74) is 0. The molecule has 1 aliphatic heterocycles. The number of piperidine rings is 1. The third kappa shape index (κ3) is 3.49. The highest BCUT2D eigenvalue weighted by molar-refractivity contribution is 7.88. The molecule has 1 N–H and O–H groups in total. The molecule has 1 aromatic heterocycles. The molecule has 3 atom stereocenters. The van der Waals surface area contributed by atoms with Crippen LogP contribution in [0.15, 0.2) is 4.52 Å². The fraction of sp³-hybridized carbons (Fsp3) is 0.857. The molecule has 0 aromatic carbocycles. The van der Waals surface area contributed by atoms with E-state index < -0.39 is 10.0 Å². The third-order valence-electron chi connectivity index (χ3n) is 4.57. The van der Waals surface area contributed by atoms with E-state index in [0.29, 0.717) is 24.9 Å². The zero-order valence-electron chi connectivity index (χ0n) is 13.3. The quantitative estimate of drug-likeness (QED) is 0.875. The van der Waals surface area contributed by atoms with Gasteiger partial charge in [0, 0.05) is 25.0 Å². The first-order valence-electron chi connectivity index (χ1n) is 7.89. The van der Waals surface area contributed by atoms with Crippen molar-refractivity contribution in [3.63, 3.8) is 0 Å². The molecule has 1 saturated heterocycles. The molecule has 1 aliphatic carbocycles. The van der Waals surface area contributed by atoms with Crippen molar-refractivity contribution < 1.29 is 12.9 Å². The van der Waals surface area contributed by atoms with Crippen molar-refractivity contribution in [3.8, 4) is 0 Å². The van der Waals surface area contributed by atoms with Crippen LogP contribution >= 0.6 is 0 Å². The van der Waals surface area contributed by atoms with Gasteiger partial charge in [-0.2, -0.15) is 4.98 Å². The summed E-state index contributed by atoms with van der Waals surface area (Å²) in [5, 5.41) is 7.55. The van der Waals surface area contributed by atoms with Crippen molar-refractivity contribution in [1.29, 1.82) is 0 Å². The van der Waals surface area contributed by atoms with Gasteiger partial charge in [-0.1, -0.05) is 12.1 Å². The molecule has 0 bridgehead atoms. The number of hydrogen-bond acceptors (Lipinski definition) is 6. The van der Waals surface area contributed by atoms with Crippen LogP contribution < -0.4 is 5.32 Å². The minimum absolute atomic E-state index is 0.0165. The fourth-order valence-electron chi connectivity index (χ4n) is 2.98. The Bertz CT molecular complexity index is 626. The number of nitrogens with one attached hydrogen (secondary N) is 1. The van der Waals surface area contributed by atoms with Gasteiger partial charge < -0.3 is 9.84 Å². The summed E-state index contributed by atoms with van der Waals surface area (Å²) < 4.78 is 30.2. The Morgan fingerprint density at radius 1 is 1.36 bits per heavy atom. The normalized spacial score (nSPS) is 28.7. The molecule has 0 amide bonds. The maximum absolute atomic E-state index is 11.6. The van der Waals surface area contributed by atoms with Gasteiger partial charge in [-0.25, -0.2) is 12.7 Å². The molecule has 1 saturated carbocycles. The molecule has 0 radical (unpaired) electrons. The zero-order valence-corrected chi connectivity index (χ0v) is 14.1. The Labute approximate surface area is 131 Å². The van der Waals surface area contributed by atoms with Gasteiger partial charge in [-0.05, 0) is 32.1 Å². The minimum atomic E-state index is -3.10. The predicted octanol–water partition coefficient (Wildman–Crippen LogP) is 1.27. The Balaban J connectivity index is 1.58. The summed E-state index contributed by atoms with van der Waals surface area (Å²) in [4.78, 5) is 4.47. The first-order valence-corrected chi connectivity index (χ1v) is 9.74. The summed E-state index contributed by atoms with van der Waals surface area (Å²) >= 11 is 0. The van der Waals surface area contributed by atoms with Crippen molar-refractivity contribution in [2.45, 2.75) is 51.1 Å². The van der Waals surface area contributed by atoms with Gasteiger partial charge in [0.15, 0.2) is 5.82 Å². The highest BCUT2D eigenvalue weighted by Crippen LogP contribution is 2.38. The Hall–Kier alpha value is -0.990. The van der Waals surface area contributed by atoms with E-state index in [4.69, 9.17) is 4.52 Å². The number of hydrogen-bond donors (Lipinski definition) is 1. The molecular weight excluding hydrogens is 304 g/mol. The predicted molar refractivity (Wildman–Crippen MR) is 81.8 cm³/mol. The van der Waals surface area contributed by atoms with Crippen LogP contribution in [0.3, 0.4) is 0 Å². The maximum atomic E-state index is 11.6. The molecule has 2 fully saturated rings. The van der Waals surface area contributed by atoms with E-state index in [0.717, 1.165) is 25.1 Å². The topological polar surface area (TPSA) is 88.3 Å². The summed E-state index contributed by atoms with van der Waals surface area (Å²) in [6, 6.07) is 0.238. The van der Waals surface area contributed by atoms with Gasteiger partial charge in [0.05, 0.1) is 12.3 Å². The summed E-state index contributed by atoms with van der Waals surface area (Å²) in [6.45, 7) is 5.20. The van der Waals surface area contributed by atoms with Crippen LogP contribution in [0.2, 0.25) is 0 Å². The molecule has 2 aliphatic rings. The minimum Gasteiger partial charge on any atom is -0.338 e. The number of nitrogens with zero attached hydrogens (tertiary/aromatic N) is 3. The van der Waals surface area contributed by atoms with Crippen LogP contribution in [0, 0.1) is 5.92 Å². The molecule has 22 heavy (non-hydrogen) atoms. The van der Waals surface area contributed by atoms with E-state index in [-0.39, 0.29) is 18.0 Å². The highest BCUT2D eigenvalue weighted by Gasteiger charge is 2.33. The molecule has 0 spiro atoms. The van der Waals surface area contributed by atoms with Gasteiger partial charge in [0.25, 0.3) is 0 Å². The number of sulfonamides is 1. The lowest BCUT2D eigenvalue weighted by Gasteiger charge is -2.36. The molecule has 8 heteroatoms. The molecule has 3 rings (SSSR count). The van der Waals surface area contributed by atoms with Gasteiger partial charge in [0.1, 0.15) is 0 Å². The lowest BCUT2D eigenvalue weighted by molar-refractivity contribution is 0.200. The van der Waals surface area contributed by atoms with Crippen LogP contribution in [-0.2, 0) is 10.0 Å². The Morgan fingerprint density at radius 2 is 2.09 bits per heavy atom. The van der Waals surface area contributed by atoms with Crippen LogP contribution in [0.25, 0.3) is 0 Å². The number of rotatable bonds is 5. The molecule has 1 aromatic rings. The molecule has 0 unspecified atom stereocenters. The second-order valence-electron chi connectivity index (χ2n) is 6.65. The van der Waals surface area contributed by atoms with Crippen molar-refractivity contribution in [2.75, 3.05) is 19.3 Å². The smallest absolute Gasteiger partial charge is 0.243 e. The second-order valence-corrected chi connectivity index (χ2v) is 8.63. The first kappa shape index (κ1) is 15.9. The van der Waals surface area contributed by atoms with Gasteiger partial charge >= 0.3 is 0 Å². The van der Waals surface area contributed by atoms with E-state index in [1.807, 2.05) is 6.92 Å². The molecule has 7 nitrogen and oxygen atoms in total. The zero-order chi connectivity index (χ0) is 15.9. The average molecular weight is 328 g/mol. The van der Waals surface area contributed by atoms with Crippen LogP contribution in [0.5, 0.6) is 0 Å². The van der Waals surface area contributed by atoms with E-state index in [2.05, 4.69) is 22.4 Å². The molecule has 2 heterocycles. The van der Waals surface area contributed by atoms with Crippen molar-refractivity contribution in [1.82, 2.24) is 19.8 Å². The maximum Gasteiger partial charge on any atom is 0.243 e. The first-order chi connectivity index (χ1) is 10.3. The van der Waals surface area contributed by atoms with E-state index >= 15 is 0 Å². The largest absolute Gasteiger partial charge is 0.338 e. The Kier molecular flexibility index (Phi) is 4.26. The van der Waals surface area contributed by atoms with Crippen molar-refractivity contribution >= 4 is 10.0 Å². The summed E-state index contributed by atoms with van der Waals surface area (Å²) in [5.74, 6) is 2.18. The van der Waals surface area contributed by atoms with Crippen LogP contribution in [0.1, 0.15) is 56.8 Å². The average Bonchev–Trinajstić information content (AvgIpc) is 3.17. The number of aromatic nitrogens is 2. The van der Waals surface area contributed by atoms with Crippen LogP contribution in [0.4, 0.5) is 0 Å². The monoisotopic (exact) mass is 328 g/mol. The van der Waals surface area contributed by atoms with E-state index in [1.165, 1.54) is 6.26 Å². The molecule has 124 valence electrons. The standard InChI is InChI=1S/C14H24N4O3S/c1-9-8-18(22(3,19)20)7-6-12(9)15-10(2)14-16-13(17-21-14)11-4-5-11/h9-12,15H,4-8H2,1-3H3/t9-,10+,12+/m1/s1. The SMILES string of the molecule is C[C@H](N[C@H]1CCN(S(C)(=O)=O)C[C@H]1C)c1nc(C2CC2)no1. The van der Waals surface area contributed by atoms with E-state index in [1.54, 1.807) is 4.31 Å². The van der Waals surface area contributed by atoms with Gasteiger partial charge in [-0.15, -0.1) is 0 Å².